The van der Waals surface area contributed by atoms with Gasteiger partial charge in [-0.1, -0.05) is 24.3 Å². The molecule has 1 aromatic carbocycles. The van der Waals surface area contributed by atoms with Crippen molar-refractivity contribution in [2.75, 3.05) is 5.32 Å². The van der Waals surface area contributed by atoms with Crippen molar-refractivity contribution in [2.45, 2.75) is 13.0 Å². The number of carbonyl (C=O) groups is 2. The van der Waals surface area contributed by atoms with Gasteiger partial charge in [0.15, 0.2) is 0 Å². The number of para-hydroxylation sites is 1. The van der Waals surface area contributed by atoms with Crippen LogP contribution in [0.2, 0.25) is 0 Å². The molecule has 1 aromatic heterocycles. The van der Waals surface area contributed by atoms with Crippen LogP contribution in [0.3, 0.4) is 0 Å². The van der Waals surface area contributed by atoms with Crippen molar-refractivity contribution in [3.05, 3.63) is 59.9 Å². The third-order valence-corrected chi connectivity index (χ3v) is 2.76. The van der Waals surface area contributed by atoms with Crippen molar-refractivity contribution < 1.29 is 14.7 Å². The van der Waals surface area contributed by atoms with Gasteiger partial charge in [0.05, 0.1) is 18.7 Å². The number of carboxylic acid groups (broad SMARTS) is 1. The van der Waals surface area contributed by atoms with E-state index in [1.165, 1.54) is 0 Å². The second kappa shape index (κ2) is 7.04. The molecule has 0 saturated carbocycles. The number of carboxylic acids is 1. The van der Waals surface area contributed by atoms with Crippen LogP contribution in [-0.2, 0) is 17.8 Å². The van der Waals surface area contributed by atoms with Gasteiger partial charge >= 0.3 is 12.0 Å². The van der Waals surface area contributed by atoms with Gasteiger partial charge in [0.25, 0.3) is 0 Å². The minimum atomic E-state index is -0.946. The highest BCUT2D eigenvalue weighted by molar-refractivity contribution is 5.90. The summed E-state index contributed by atoms with van der Waals surface area (Å²) in [6, 6.07) is 11.8. The van der Waals surface area contributed by atoms with Crippen LogP contribution in [0.25, 0.3) is 0 Å². The number of carbonyl (C=O) groups excluding carboxylic acids is 1. The van der Waals surface area contributed by atoms with E-state index in [1.54, 1.807) is 42.6 Å². The normalized spacial score (nSPS) is 9.90. The Kier molecular flexibility index (Phi) is 4.87. The standard InChI is InChI=1S/C15H15N3O3/c19-14(20)9-11-5-1-2-7-13(11)18-15(21)17-10-12-6-3-4-8-16-12/h1-8H,9-10H2,(H,19,20)(H2,17,18,21). The zero-order valence-corrected chi connectivity index (χ0v) is 11.2. The average molecular weight is 285 g/mol. The number of amides is 2. The molecule has 6 heteroatoms. The number of nitrogens with one attached hydrogen (secondary N) is 2. The smallest absolute Gasteiger partial charge is 0.319 e. The monoisotopic (exact) mass is 285 g/mol. The largest absolute Gasteiger partial charge is 0.481 e. The first-order valence-corrected chi connectivity index (χ1v) is 6.39. The maximum absolute atomic E-state index is 11.8. The first-order valence-electron chi connectivity index (χ1n) is 6.39. The third kappa shape index (κ3) is 4.61. The molecule has 0 radical (unpaired) electrons. The maximum Gasteiger partial charge on any atom is 0.319 e. The number of aromatic nitrogens is 1. The summed E-state index contributed by atoms with van der Waals surface area (Å²) >= 11 is 0. The number of anilines is 1. The molecule has 1 heterocycles. The molecule has 3 N–H and O–H groups in total. The molecule has 2 aromatic rings. The lowest BCUT2D eigenvalue weighted by atomic mass is 10.1. The van der Waals surface area contributed by atoms with E-state index in [0.29, 0.717) is 17.8 Å². The Bertz CT molecular complexity index is 629. The number of hydrogen-bond donors (Lipinski definition) is 3. The molecule has 6 nitrogen and oxygen atoms in total. The van der Waals surface area contributed by atoms with Crippen molar-refractivity contribution >= 4 is 17.7 Å². The van der Waals surface area contributed by atoms with Crippen molar-refractivity contribution in [1.82, 2.24) is 10.3 Å². The van der Waals surface area contributed by atoms with Crippen molar-refractivity contribution in [2.24, 2.45) is 0 Å². The van der Waals surface area contributed by atoms with E-state index in [2.05, 4.69) is 15.6 Å². The molecule has 0 spiro atoms. The summed E-state index contributed by atoms with van der Waals surface area (Å²) < 4.78 is 0. The Morgan fingerprint density at radius 3 is 2.57 bits per heavy atom. The molecule has 0 unspecified atom stereocenters. The zero-order valence-electron chi connectivity index (χ0n) is 11.2. The Balaban J connectivity index is 1.95. The summed E-state index contributed by atoms with van der Waals surface area (Å²) in [7, 11) is 0. The average Bonchev–Trinajstić information content (AvgIpc) is 2.48. The molecule has 2 amide bonds. The summed E-state index contributed by atoms with van der Waals surface area (Å²) in [4.78, 5) is 26.7. The summed E-state index contributed by atoms with van der Waals surface area (Å²) in [6.07, 6.45) is 1.51. The van der Waals surface area contributed by atoms with Crippen LogP contribution < -0.4 is 10.6 Å². The first-order chi connectivity index (χ1) is 10.1. The number of pyridine rings is 1. The van der Waals surface area contributed by atoms with Gasteiger partial charge in [-0.15, -0.1) is 0 Å². The number of aliphatic carboxylic acids is 1. The van der Waals surface area contributed by atoms with E-state index < -0.39 is 12.0 Å². The topological polar surface area (TPSA) is 91.3 Å². The summed E-state index contributed by atoms with van der Waals surface area (Å²) in [5.41, 5.74) is 1.78. The Hall–Kier alpha value is -2.89. The third-order valence-electron chi connectivity index (χ3n) is 2.76. The van der Waals surface area contributed by atoms with Gasteiger partial charge in [-0.25, -0.2) is 4.79 Å². The number of urea groups is 1. The first kappa shape index (κ1) is 14.5. The van der Waals surface area contributed by atoms with Crippen molar-refractivity contribution in [3.63, 3.8) is 0 Å². The lowest BCUT2D eigenvalue weighted by molar-refractivity contribution is -0.136. The van der Waals surface area contributed by atoms with E-state index in [-0.39, 0.29) is 6.42 Å². The molecule has 0 aliphatic heterocycles. The number of rotatable bonds is 5. The molecule has 0 saturated heterocycles. The fraction of sp³-hybridized carbons (Fsp3) is 0.133. The molecular formula is C15H15N3O3. The van der Waals surface area contributed by atoms with Gasteiger partial charge in [0.1, 0.15) is 0 Å². The molecule has 0 bridgehead atoms. The van der Waals surface area contributed by atoms with Crippen LogP contribution in [0.5, 0.6) is 0 Å². The molecule has 21 heavy (non-hydrogen) atoms. The molecule has 0 aliphatic rings. The fourth-order valence-corrected chi connectivity index (χ4v) is 1.80. The number of benzene rings is 1. The SMILES string of the molecule is O=C(O)Cc1ccccc1NC(=O)NCc1ccccn1. The summed E-state index contributed by atoms with van der Waals surface area (Å²) in [5.74, 6) is -0.946. The van der Waals surface area contributed by atoms with Gasteiger partial charge in [0.2, 0.25) is 0 Å². The van der Waals surface area contributed by atoms with Gasteiger partial charge in [-0.3, -0.25) is 9.78 Å². The van der Waals surface area contributed by atoms with E-state index >= 15 is 0 Å². The minimum Gasteiger partial charge on any atom is -0.481 e. The highest BCUT2D eigenvalue weighted by Crippen LogP contribution is 2.15. The van der Waals surface area contributed by atoms with Crippen molar-refractivity contribution in [1.29, 1.82) is 0 Å². The maximum atomic E-state index is 11.8. The molecule has 0 aliphatic carbocycles. The zero-order chi connectivity index (χ0) is 15.1. The van der Waals surface area contributed by atoms with Gasteiger partial charge in [0, 0.05) is 11.9 Å². The van der Waals surface area contributed by atoms with Crippen molar-refractivity contribution in [3.8, 4) is 0 Å². The molecule has 2 rings (SSSR count). The van der Waals surface area contributed by atoms with E-state index in [4.69, 9.17) is 5.11 Å². The van der Waals surface area contributed by atoms with E-state index in [0.717, 1.165) is 5.69 Å². The highest BCUT2D eigenvalue weighted by atomic mass is 16.4. The van der Waals surface area contributed by atoms with Gasteiger partial charge in [-0.2, -0.15) is 0 Å². The van der Waals surface area contributed by atoms with Crippen LogP contribution in [0.1, 0.15) is 11.3 Å². The van der Waals surface area contributed by atoms with Crippen LogP contribution >= 0.6 is 0 Å². The van der Waals surface area contributed by atoms with Crippen LogP contribution in [0, 0.1) is 0 Å². The van der Waals surface area contributed by atoms with Gasteiger partial charge in [-0.05, 0) is 23.8 Å². The molecule has 108 valence electrons. The highest BCUT2D eigenvalue weighted by Gasteiger charge is 2.09. The molecule has 0 atom stereocenters. The predicted octanol–water partition coefficient (Wildman–Crippen LogP) is 2.03. The molecular weight excluding hydrogens is 270 g/mol. The Morgan fingerprint density at radius 2 is 1.86 bits per heavy atom. The number of hydrogen-bond acceptors (Lipinski definition) is 3. The minimum absolute atomic E-state index is 0.142. The van der Waals surface area contributed by atoms with Crippen LogP contribution in [0.4, 0.5) is 10.5 Å². The second-order valence-electron chi connectivity index (χ2n) is 4.36. The predicted molar refractivity (Wildman–Crippen MR) is 77.9 cm³/mol. The Morgan fingerprint density at radius 1 is 1.10 bits per heavy atom. The summed E-state index contributed by atoms with van der Waals surface area (Å²) in [6.45, 7) is 0.299. The summed E-state index contributed by atoms with van der Waals surface area (Å²) in [5, 5.41) is 14.2. The number of nitrogens with zero attached hydrogens (tertiary/aromatic N) is 1. The lowest BCUT2D eigenvalue weighted by Crippen LogP contribution is -2.29. The fourth-order valence-electron chi connectivity index (χ4n) is 1.80. The van der Waals surface area contributed by atoms with E-state index in [9.17, 15) is 9.59 Å². The lowest BCUT2D eigenvalue weighted by Gasteiger charge is -2.10. The van der Waals surface area contributed by atoms with Crippen LogP contribution in [0.15, 0.2) is 48.7 Å². The van der Waals surface area contributed by atoms with Gasteiger partial charge < -0.3 is 15.7 Å². The second-order valence-corrected chi connectivity index (χ2v) is 4.36. The van der Waals surface area contributed by atoms with E-state index in [1.807, 2.05) is 6.07 Å². The quantitative estimate of drug-likeness (QED) is 0.784. The molecule has 0 fully saturated rings. The van der Waals surface area contributed by atoms with Crippen LogP contribution in [-0.4, -0.2) is 22.1 Å². The Labute approximate surface area is 121 Å².